The number of halogens is 2. The third kappa shape index (κ3) is 4.48. The molecule has 2 unspecified atom stereocenters. The molecule has 2 aromatic carbocycles. The van der Waals surface area contributed by atoms with Crippen LogP contribution >= 0.6 is 23.2 Å². The Morgan fingerprint density at radius 3 is 2.57 bits per heavy atom. The molecule has 0 bridgehead atoms. The molecule has 150 valence electrons. The maximum absolute atomic E-state index is 12.8. The van der Waals surface area contributed by atoms with E-state index in [1.54, 1.807) is 36.4 Å². The van der Waals surface area contributed by atoms with Gasteiger partial charge in [0.15, 0.2) is 0 Å². The summed E-state index contributed by atoms with van der Waals surface area (Å²) in [5, 5.41) is 0.806. The minimum atomic E-state index is -4.30. The summed E-state index contributed by atoms with van der Waals surface area (Å²) in [5.41, 5.74) is 0.794. The van der Waals surface area contributed by atoms with E-state index in [1.807, 2.05) is 4.72 Å². The Kier molecular flexibility index (Phi) is 6.59. The second kappa shape index (κ2) is 8.77. The van der Waals surface area contributed by atoms with Crippen LogP contribution in [0.4, 0.5) is 0 Å². The van der Waals surface area contributed by atoms with Crippen molar-refractivity contribution in [2.75, 3.05) is 13.7 Å². The van der Waals surface area contributed by atoms with Gasteiger partial charge in [-0.15, -0.1) is 0 Å². The summed E-state index contributed by atoms with van der Waals surface area (Å²) in [6.45, 7) is 0.302. The van der Waals surface area contributed by atoms with Gasteiger partial charge >= 0.3 is 10.2 Å². The van der Waals surface area contributed by atoms with Crippen molar-refractivity contribution in [3.8, 4) is 0 Å². The predicted octanol–water partition coefficient (Wildman–Crippen LogP) is 3.36. The molecule has 7 nitrogen and oxygen atoms in total. The molecule has 1 N–H and O–H groups in total. The molecule has 1 amide bonds. The third-order valence-electron chi connectivity index (χ3n) is 4.27. The minimum absolute atomic E-state index is 0.210. The maximum Gasteiger partial charge on any atom is 0.326 e. The van der Waals surface area contributed by atoms with Gasteiger partial charge in [-0.25, -0.2) is 4.72 Å². The highest BCUT2D eigenvalue weighted by Crippen LogP contribution is 2.38. The highest BCUT2D eigenvalue weighted by atomic mass is 35.5. The van der Waals surface area contributed by atoms with Crippen LogP contribution in [0, 0.1) is 0 Å². The van der Waals surface area contributed by atoms with Gasteiger partial charge in [-0.2, -0.15) is 8.42 Å². The number of ether oxygens (including phenoxy) is 1. The van der Waals surface area contributed by atoms with Crippen molar-refractivity contribution in [2.45, 2.75) is 18.6 Å². The number of nitrogens with one attached hydrogen (secondary N) is 1. The lowest BCUT2D eigenvalue weighted by Gasteiger charge is -2.29. The summed E-state index contributed by atoms with van der Waals surface area (Å²) in [6, 6.07) is 12.2. The van der Waals surface area contributed by atoms with Crippen LogP contribution in [0.25, 0.3) is 0 Å². The molecule has 1 aliphatic heterocycles. The lowest BCUT2D eigenvalue weighted by atomic mass is 10.0. The van der Waals surface area contributed by atoms with E-state index >= 15 is 0 Å². The molecule has 28 heavy (non-hydrogen) atoms. The van der Waals surface area contributed by atoms with Crippen LogP contribution in [0.1, 0.15) is 28.4 Å². The van der Waals surface area contributed by atoms with Crippen molar-refractivity contribution in [3.63, 3.8) is 0 Å². The van der Waals surface area contributed by atoms with Crippen molar-refractivity contribution in [1.82, 2.24) is 9.19 Å². The van der Waals surface area contributed by atoms with Gasteiger partial charge in [-0.1, -0.05) is 51.9 Å². The Morgan fingerprint density at radius 2 is 1.93 bits per heavy atom. The van der Waals surface area contributed by atoms with Gasteiger partial charge in [-0.3, -0.25) is 9.63 Å². The number of amides is 1. The second-order valence-electron chi connectivity index (χ2n) is 6.05. The lowest BCUT2D eigenvalue weighted by Crippen LogP contribution is -2.48. The number of nitrogens with zero attached hydrogens (tertiary/aromatic N) is 1. The molecule has 3 rings (SSSR count). The van der Waals surface area contributed by atoms with Gasteiger partial charge in [0, 0.05) is 27.8 Å². The first kappa shape index (κ1) is 21.0. The Labute approximate surface area is 173 Å². The summed E-state index contributed by atoms with van der Waals surface area (Å²) in [7, 11) is -3.09. The molecule has 0 spiro atoms. The Bertz CT molecular complexity index is 956. The Morgan fingerprint density at radius 1 is 1.21 bits per heavy atom. The van der Waals surface area contributed by atoms with Crippen LogP contribution in [-0.4, -0.2) is 38.6 Å². The summed E-state index contributed by atoms with van der Waals surface area (Å²) >= 11 is 12.2. The van der Waals surface area contributed by atoms with Gasteiger partial charge in [0.2, 0.25) is 0 Å². The highest BCUT2D eigenvalue weighted by Gasteiger charge is 2.42. The number of hydrogen-bond donors (Lipinski definition) is 1. The monoisotopic (exact) mass is 444 g/mol. The number of hydroxylamine groups is 1. The molecule has 1 saturated heterocycles. The molecular weight excluding hydrogens is 427 g/mol. The molecule has 0 saturated carbocycles. The van der Waals surface area contributed by atoms with Crippen LogP contribution in [0.2, 0.25) is 10.0 Å². The van der Waals surface area contributed by atoms with Gasteiger partial charge in [0.1, 0.15) is 6.10 Å². The molecule has 1 heterocycles. The smallest absolute Gasteiger partial charge is 0.326 e. The average Bonchev–Trinajstić information content (AvgIpc) is 3.11. The molecule has 1 aliphatic rings. The molecule has 2 aromatic rings. The van der Waals surface area contributed by atoms with Crippen LogP contribution in [0.5, 0.6) is 0 Å². The van der Waals surface area contributed by atoms with Gasteiger partial charge < -0.3 is 4.74 Å². The largest absolute Gasteiger partial charge is 0.372 e. The van der Waals surface area contributed by atoms with Gasteiger partial charge in [-0.05, 0) is 30.7 Å². The van der Waals surface area contributed by atoms with E-state index in [9.17, 15) is 13.2 Å². The summed E-state index contributed by atoms with van der Waals surface area (Å²) in [4.78, 5) is 17.4. The Hall–Kier alpha value is -1.68. The van der Waals surface area contributed by atoms with Crippen molar-refractivity contribution < 1.29 is 22.8 Å². The number of hydrogen-bond acceptors (Lipinski definition) is 5. The lowest BCUT2D eigenvalue weighted by molar-refractivity contribution is -0.0984. The van der Waals surface area contributed by atoms with Crippen LogP contribution in [-0.2, 0) is 19.8 Å². The summed E-state index contributed by atoms with van der Waals surface area (Å²) in [6.07, 6.45) is -0.314. The minimum Gasteiger partial charge on any atom is -0.372 e. The summed E-state index contributed by atoms with van der Waals surface area (Å²) < 4.78 is 34.1. The molecule has 0 aromatic heterocycles. The highest BCUT2D eigenvalue weighted by molar-refractivity contribution is 7.87. The van der Waals surface area contributed by atoms with Crippen LogP contribution in [0.3, 0.4) is 0 Å². The topological polar surface area (TPSA) is 84.9 Å². The summed E-state index contributed by atoms with van der Waals surface area (Å²) in [5.74, 6) is -0.761. The van der Waals surface area contributed by atoms with E-state index in [2.05, 4.69) is 0 Å². The van der Waals surface area contributed by atoms with E-state index in [1.165, 1.54) is 19.2 Å². The quantitative estimate of drug-likeness (QED) is 0.690. The van der Waals surface area contributed by atoms with Crippen LogP contribution in [0.15, 0.2) is 48.5 Å². The molecule has 0 aliphatic carbocycles. The van der Waals surface area contributed by atoms with Crippen molar-refractivity contribution in [3.05, 3.63) is 69.7 Å². The van der Waals surface area contributed by atoms with Gasteiger partial charge in [0.05, 0.1) is 13.2 Å². The maximum atomic E-state index is 12.8. The van der Waals surface area contributed by atoms with E-state index in [0.717, 1.165) is 4.47 Å². The second-order valence-corrected chi connectivity index (χ2v) is 8.41. The number of benzene rings is 2. The number of carbonyl (C=O) groups is 1. The van der Waals surface area contributed by atoms with E-state index in [4.69, 9.17) is 32.8 Å². The first-order chi connectivity index (χ1) is 13.3. The van der Waals surface area contributed by atoms with Crippen molar-refractivity contribution >= 4 is 39.3 Å². The standard InChI is InChI=1S/C18H18Cl2N2O5S/c1-26-22(28(24,25)21-18(23)12-5-3-2-4-6-12)16-9-10-27-17(16)14-8-7-13(19)11-15(14)20/h2-8,11,16-17H,9-10H2,1H3,(H,21,23). The van der Waals surface area contributed by atoms with E-state index in [0.29, 0.717) is 28.6 Å². The molecule has 10 heteroatoms. The molecule has 0 radical (unpaired) electrons. The first-order valence-corrected chi connectivity index (χ1v) is 10.6. The molecular formula is C18H18Cl2N2O5S. The fourth-order valence-corrected chi connectivity index (χ4v) is 4.77. The van der Waals surface area contributed by atoms with Crippen molar-refractivity contribution in [1.29, 1.82) is 0 Å². The molecule has 1 fully saturated rings. The van der Waals surface area contributed by atoms with E-state index in [-0.39, 0.29) is 5.56 Å². The zero-order chi connectivity index (χ0) is 20.3. The third-order valence-corrected chi connectivity index (χ3v) is 6.17. The normalized spacial score (nSPS) is 19.7. The zero-order valence-electron chi connectivity index (χ0n) is 14.8. The first-order valence-electron chi connectivity index (χ1n) is 8.35. The predicted molar refractivity (Wildman–Crippen MR) is 105 cm³/mol. The SMILES string of the molecule is CON(C1CCOC1c1ccc(Cl)cc1Cl)S(=O)(=O)NC(=O)c1ccccc1. The zero-order valence-corrected chi connectivity index (χ0v) is 17.2. The van der Waals surface area contributed by atoms with Crippen molar-refractivity contribution in [2.24, 2.45) is 0 Å². The Balaban J connectivity index is 1.85. The fraction of sp³-hybridized carbons (Fsp3) is 0.278. The fourth-order valence-electron chi connectivity index (χ4n) is 3.05. The molecule has 2 atom stereocenters. The van der Waals surface area contributed by atoms with Crippen LogP contribution < -0.4 is 4.72 Å². The number of rotatable bonds is 6. The van der Waals surface area contributed by atoms with E-state index < -0.39 is 28.3 Å². The number of carbonyl (C=O) groups excluding carboxylic acids is 1. The van der Waals surface area contributed by atoms with Gasteiger partial charge in [0.25, 0.3) is 5.91 Å². The average molecular weight is 445 g/mol.